The molecule has 150 valence electrons. The number of carbonyl (C=O) groups is 1. The smallest absolute Gasteiger partial charge is 0.251 e. The molecule has 2 aromatic rings. The monoisotopic (exact) mass is 391 g/mol. The predicted molar refractivity (Wildman–Crippen MR) is 97.6 cm³/mol. The zero-order chi connectivity index (χ0) is 20.3. The van der Waals surface area contributed by atoms with Gasteiger partial charge in [-0.3, -0.25) is 4.79 Å². The number of nitrogens with one attached hydrogen (secondary N) is 1. The van der Waals surface area contributed by atoms with E-state index in [4.69, 9.17) is 9.47 Å². The van der Waals surface area contributed by atoms with Crippen LogP contribution in [0.25, 0.3) is 0 Å². The molecule has 1 heterocycles. The molecule has 7 nitrogen and oxygen atoms in total. The molecule has 1 fully saturated rings. The summed E-state index contributed by atoms with van der Waals surface area (Å²) in [6.07, 6.45) is -4.26. The van der Waals surface area contributed by atoms with E-state index in [2.05, 4.69) is 5.32 Å². The highest BCUT2D eigenvalue weighted by Crippen LogP contribution is 2.36. The van der Waals surface area contributed by atoms with Gasteiger partial charge in [0.1, 0.15) is 18.0 Å². The van der Waals surface area contributed by atoms with Crippen molar-refractivity contribution in [3.8, 4) is 11.5 Å². The maximum atomic E-state index is 15.0. The van der Waals surface area contributed by atoms with Gasteiger partial charge >= 0.3 is 0 Å². The minimum Gasteiger partial charge on any atom is -0.454 e. The van der Waals surface area contributed by atoms with Crippen LogP contribution < -0.4 is 10.1 Å². The highest BCUT2D eigenvalue weighted by atomic mass is 19.1. The first-order valence-electron chi connectivity index (χ1n) is 8.85. The van der Waals surface area contributed by atoms with Gasteiger partial charge in [0, 0.05) is 24.6 Å². The third-order valence-corrected chi connectivity index (χ3v) is 4.62. The number of rotatable bonds is 5. The normalized spacial score (nSPS) is 24.6. The van der Waals surface area contributed by atoms with Gasteiger partial charge in [-0.1, -0.05) is 12.1 Å². The van der Waals surface area contributed by atoms with E-state index in [0.29, 0.717) is 11.3 Å². The number of aliphatic hydroxyl groups is 3. The second-order valence-corrected chi connectivity index (χ2v) is 6.52. The first-order chi connectivity index (χ1) is 13.4. The van der Waals surface area contributed by atoms with Gasteiger partial charge in [0.2, 0.25) is 0 Å². The molecule has 0 aliphatic carbocycles. The molecule has 4 N–H and O–H groups in total. The Bertz CT molecular complexity index is 828. The largest absolute Gasteiger partial charge is 0.454 e. The summed E-state index contributed by atoms with van der Waals surface area (Å²) >= 11 is 0. The molecule has 8 heteroatoms. The van der Waals surface area contributed by atoms with Crippen LogP contribution in [0.5, 0.6) is 11.5 Å². The minimum absolute atomic E-state index is 0.0178. The van der Waals surface area contributed by atoms with E-state index >= 15 is 4.39 Å². The van der Waals surface area contributed by atoms with Gasteiger partial charge in [0.15, 0.2) is 11.6 Å². The lowest BCUT2D eigenvalue weighted by molar-refractivity contribution is -0.180. The average molecular weight is 391 g/mol. The van der Waals surface area contributed by atoms with Gasteiger partial charge in [0.25, 0.3) is 5.91 Å². The van der Waals surface area contributed by atoms with Crippen molar-refractivity contribution in [3.05, 3.63) is 59.4 Å². The van der Waals surface area contributed by atoms with Crippen LogP contribution >= 0.6 is 0 Å². The molecule has 2 aromatic carbocycles. The van der Waals surface area contributed by atoms with Crippen LogP contribution in [0.3, 0.4) is 0 Å². The number of amides is 1. The quantitative estimate of drug-likeness (QED) is 0.616. The Morgan fingerprint density at radius 1 is 1.25 bits per heavy atom. The van der Waals surface area contributed by atoms with Crippen molar-refractivity contribution < 1.29 is 34.0 Å². The van der Waals surface area contributed by atoms with E-state index in [-0.39, 0.29) is 30.2 Å². The van der Waals surface area contributed by atoms with Crippen LogP contribution in [0.2, 0.25) is 0 Å². The van der Waals surface area contributed by atoms with Crippen LogP contribution in [0.1, 0.15) is 28.4 Å². The lowest BCUT2D eigenvalue weighted by atomic mass is 9.93. The molecule has 1 aliphatic heterocycles. The molecule has 0 spiro atoms. The fraction of sp³-hybridized carbons (Fsp3) is 0.350. The highest BCUT2D eigenvalue weighted by molar-refractivity contribution is 5.94. The van der Waals surface area contributed by atoms with Crippen molar-refractivity contribution in [2.24, 2.45) is 0 Å². The molecule has 3 rings (SSSR count). The van der Waals surface area contributed by atoms with Gasteiger partial charge in [-0.2, -0.15) is 0 Å². The molecule has 3 unspecified atom stereocenters. The summed E-state index contributed by atoms with van der Waals surface area (Å²) in [5.41, 5.74) is 0.455. The van der Waals surface area contributed by atoms with Gasteiger partial charge in [-0.15, -0.1) is 0 Å². The van der Waals surface area contributed by atoms with E-state index in [1.807, 2.05) is 0 Å². The number of hydrogen-bond donors (Lipinski definition) is 4. The molecule has 0 radical (unpaired) electrons. The molecule has 4 atom stereocenters. The SMILES string of the molecule is CNC(=O)c1ccc(Oc2cccc([C@H]3OC(CO)CC(O)C3O)c2F)cc1. The zero-order valence-electron chi connectivity index (χ0n) is 15.2. The van der Waals surface area contributed by atoms with Crippen molar-refractivity contribution in [2.75, 3.05) is 13.7 Å². The highest BCUT2D eigenvalue weighted by Gasteiger charge is 2.39. The molecule has 0 saturated carbocycles. The summed E-state index contributed by atoms with van der Waals surface area (Å²) in [6, 6.07) is 10.6. The third kappa shape index (κ3) is 4.15. The van der Waals surface area contributed by atoms with Crippen molar-refractivity contribution in [3.63, 3.8) is 0 Å². The number of halogens is 1. The van der Waals surface area contributed by atoms with Crippen LogP contribution in [0.4, 0.5) is 4.39 Å². The number of benzene rings is 2. The lowest BCUT2D eigenvalue weighted by Crippen LogP contribution is -2.44. The predicted octanol–water partition coefficient (Wildman–Crippen LogP) is 1.52. The summed E-state index contributed by atoms with van der Waals surface area (Å²) in [4.78, 5) is 11.6. The van der Waals surface area contributed by atoms with Gasteiger partial charge < -0.3 is 30.1 Å². The first kappa shape index (κ1) is 20.2. The van der Waals surface area contributed by atoms with Crippen LogP contribution in [0.15, 0.2) is 42.5 Å². The summed E-state index contributed by atoms with van der Waals surface area (Å²) in [5, 5.41) is 32.0. The summed E-state index contributed by atoms with van der Waals surface area (Å²) in [7, 11) is 1.52. The van der Waals surface area contributed by atoms with Crippen molar-refractivity contribution in [1.82, 2.24) is 5.32 Å². The van der Waals surface area contributed by atoms with Crippen LogP contribution in [-0.2, 0) is 4.74 Å². The van der Waals surface area contributed by atoms with Crippen molar-refractivity contribution >= 4 is 5.91 Å². The Morgan fingerprint density at radius 3 is 2.61 bits per heavy atom. The average Bonchev–Trinajstić information content (AvgIpc) is 2.71. The molecule has 1 saturated heterocycles. The standard InChI is InChI=1S/C20H22FNO6/c1-22-20(26)11-5-7-12(8-6-11)27-16-4-2-3-14(17(16)21)19-18(25)15(24)9-13(10-23)28-19/h2-8,13,15,18-19,23-25H,9-10H2,1H3,(H,22,26)/t13?,15?,18?,19-/m1/s1. The van der Waals surface area contributed by atoms with Crippen LogP contribution in [0, 0.1) is 5.82 Å². The van der Waals surface area contributed by atoms with Crippen molar-refractivity contribution in [1.29, 1.82) is 0 Å². The number of carbonyl (C=O) groups excluding carboxylic acids is 1. The Balaban J connectivity index is 1.84. The van der Waals surface area contributed by atoms with E-state index in [9.17, 15) is 20.1 Å². The number of hydrogen-bond acceptors (Lipinski definition) is 6. The van der Waals surface area contributed by atoms with Crippen LogP contribution in [-0.4, -0.2) is 53.2 Å². The summed E-state index contributed by atoms with van der Waals surface area (Å²) in [5.74, 6) is -0.767. The summed E-state index contributed by atoms with van der Waals surface area (Å²) in [6.45, 7) is -0.351. The molecule has 28 heavy (non-hydrogen) atoms. The zero-order valence-corrected chi connectivity index (χ0v) is 15.2. The van der Waals surface area contributed by atoms with Gasteiger partial charge in [0.05, 0.1) is 18.8 Å². The Kier molecular flexibility index (Phi) is 6.25. The van der Waals surface area contributed by atoms with E-state index in [0.717, 1.165) is 0 Å². The Morgan fingerprint density at radius 2 is 1.96 bits per heavy atom. The van der Waals surface area contributed by atoms with E-state index < -0.39 is 30.2 Å². The van der Waals surface area contributed by atoms with E-state index in [1.165, 1.54) is 37.4 Å². The first-order valence-corrected chi connectivity index (χ1v) is 8.85. The fourth-order valence-corrected chi connectivity index (χ4v) is 3.10. The molecule has 0 aromatic heterocycles. The maximum Gasteiger partial charge on any atom is 0.251 e. The lowest BCUT2D eigenvalue weighted by Gasteiger charge is -2.37. The number of ether oxygens (including phenoxy) is 2. The summed E-state index contributed by atoms with van der Waals surface area (Å²) < 4.78 is 26.1. The van der Waals surface area contributed by atoms with E-state index in [1.54, 1.807) is 12.1 Å². The molecule has 1 amide bonds. The Labute approximate surface area is 161 Å². The molecular weight excluding hydrogens is 369 g/mol. The second kappa shape index (κ2) is 8.66. The van der Waals surface area contributed by atoms with Crippen molar-refractivity contribution in [2.45, 2.75) is 30.8 Å². The topological polar surface area (TPSA) is 108 Å². The number of aliphatic hydroxyl groups excluding tert-OH is 3. The molecular formula is C20H22FNO6. The molecule has 0 bridgehead atoms. The Hall–Kier alpha value is -2.52. The minimum atomic E-state index is -1.33. The molecule has 1 aliphatic rings. The van der Waals surface area contributed by atoms with Gasteiger partial charge in [-0.25, -0.2) is 4.39 Å². The maximum absolute atomic E-state index is 15.0. The third-order valence-electron chi connectivity index (χ3n) is 4.62. The second-order valence-electron chi connectivity index (χ2n) is 6.52. The van der Waals surface area contributed by atoms with Gasteiger partial charge in [-0.05, 0) is 30.3 Å². The fourth-order valence-electron chi connectivity index (χ4n) is 3.10.